The molecule has 2 bridgehead atoms. The van der Waals surface area contributed by atoms with E-state index >= 15 is 0 Å². The van der Waals surface area contributed by atoms with E-state index in [-0.39, 0.29) is 0 Å². The molecule has 80 valence electrons. The van der Waals surface area contributed by atoms with Crippen molar-refractivity contribution in [2.75, 3.05) is 13.2 Å². The van der Waals surface area contributed by atoms with E-state index in [4.69, 9.17) is 4.74 Å². The second kappa shape index (κ2) is 3.89. The lowest BCUT2D eigenvalue weighted by Crippen LogP contribution is -2.36. The largest absolute Gasteiger partial charge is 0.375 e. The van der Waals surface area contributed by atoms with Crippen molar-refractivity contribution in [2.45, 2.75) is 25.1 Å². The SMILES string of the molecule is Brc1cccc(CN2CC3C[C@H]2CO3)c1. The topological polar surface area (TPSA) is 12.5 Å². The smallest absolute Gasteiger partial charge is 0.0718 e. The molecule has 15 heavy (non-hydrogen) atoms. The molecular weight excluding hydrogens is 254 g/mol. The van der Waals surface area contributed by atoms with Crippen LogP contribution in [0.1, 0.15) is 12.0 Å². The van der Waals surface area contributed by atoms with Gasteiger partial charge in [0.1, 0.15) is 0 Å². The van der Waals surface area contributed by atoms with Gasteiger partial charge in [-0.3, -0.25) is 4.90 Å². The Labute approximate surface area is 98.4 Å². The predicted molar refractivity (Wildman–Crippen MR) is 62.7 cm³/mol. The van der Waals surface area contributed by atoms with Gasteiger partial charge in [-0.15, -0.1) is 0 Å². The van der Waals surface area contributed by atoms with Crippen LogP contribution in [-0.4, -0.2) is 30.2 Å². The second-order valence-corrected chi connectivity index (χ2v) is 5.32. The minimum Gasteiger partial charge on any atom is -0.375 e. The molecule has 1 aromatic carbocycles. The average molecular weight is 268 g/mol. The average Bonchev–Trinajstić information content (AvgIpc) is 2.79. The normalized spacial score (nSPS) is 29.9. The van der Waals surface area contributed by atoms with E-state index in [2.05, 4.69) is 45.1 Å². The van der Waals surface area contributed by atoms with Gasteiger partial charge < -0.3 is 4.74 Å². The Morgan fingerprint density at radius 3 is 3.07 bits per heavy atom. The highest BCUT2D eigenvalue weighted by atomic mass is 79.9. The third kappa shape index (κ3) is 1.96. The number of rotatable bonds is 2. The monoisotopic (exact) mass is 267 g/mol. The molecule has 2 aliphatic heterocycles. The summed E-state index contributed by atoms with van der Waals surface area (Å²) in [6, 6.07) is 9.23. The summed E-state index contributed by atoms with van der Waals surface area (Å²) < 4.78 is 6.76. The van der Waals surface area contributed by atoms with Crippen molar-refractivity contribution in [1.29, 1.82) is 0 Å². The highest BCUT2D eigenvalue weighted by Gasteiger charge is 2.38. The van der Waals surface area contributed by atoms with Crippen molar-refractivity contribution in [3.05, 3.63) is 34.3 Å². The molecule has 0 radical (unpaired) electrons. The van der Waals surface area contributed by atoms with Gasteiger partial charge in [-0.2, -0.15) is 0 Å². The number of benzene rings is 1. The van der Waals surface area contributed by atoms with Crippen LogP contribution in [0.4, 0.5) is 0 Å². The van der Waals surface area contributed by atoms with Crippen molar-refractivity contribution in [1.82, 2.24) is 4.90 Å². The highest BCUT2D eigenvalue weighted by Crippen LogP contribution is 2.29. The molecule has 0 aromatic heterocycles. The molecule has 0 amide bonds. The van der Waals surface area contributed by atoms with Gasteiger partial charge in [0.25, 0.3) is 0 Å². The molecular formula is C12H14BrNO. The van der Waals surface area contributed by atoms with Crippen LogP contribution in [0.5, 0.6) is 0 Å². The third-order valence-electron chi connectivity index (χ3n) is 3.29. The maximum atomic E-state index is 5.59. The van der Waals surface area contributed by atoms with E-state index in [1.165, 1.54) is 16.5 Å². The second-order valence-electron chi connectivity index (χ2n) is 4.40. The van der Waals surface area contributed by atoms with Crippen LogP contribution in [0, 0.1) is 0 Å². The number of halogens is 1. The van der Waals surface area contributed by atoms with Crippen LogP contribution >= 0.6 is 15.9 Å². The molecule has 2 saturated heterocycles. The number of nitrogens with zero attached hydrogens (tertiary/aromatic N) is 1. The first-order valence-corrected chi connectivity index (χ1v) is 6.20. The van der Waals surface area contributed by atoms with Crippen LogP contribution in [0.3, 0.4) is 0 Å². The maximum Gasteiger partial charge on any atom is 0.0718 e. The van der Waals surface area contributed by atoms with Gasteiger partial charge >= 0.3 is 0 Å². The fourth-order valence-corrected chi connectivity index (χ4v) is 2.99. The maximum absolute atomic E-state index is 5.59. The zero-order valence-electron chi connectivity index (χ0n) is 8.53. The Balaban J connectivity index is 1.71. The minimum atomic E-state index is 0.502. The molecule has 3 rings (SSSR count). The first kappa shape index (κ1) is 9.82. The summed E-state index contributed by atoms with van der Waals surface area (Å²) in [5, 5.41) is 0. The summed E-state index contributed by atoms with van der Waals surface area (Å²) >= 11 is 3.51. The van der Waals surface area contributed by atoms with Gasteiger partial charge in [-0.25, -0.2) is 0 Å². The Hall–Kier alpha value is -0.380. The Kier molecular flexibility index (Phi) is 2.54. The summed E-state index contributed by atoms with van der Waals surface area (Å²) in [5.41, 5.74) is 1.39. The number of morpholine rings is 1. The minimum absolute atomic E-state index is 0.502. The molecule has 2 aliphatic rings. The van der Waals surface area contributed by atoms with Crippen molar-refractivity contribution >= 4 is 15.9 Å². The number of ether oxygens (including phenoxy) is 1. The molecule has 1 aromatic rings. The standard InChI is InChI=1S/C12H14BrNO/c13-10-3-1-2-9(4-10)6-14-7-12-5-11(14)8-15-12/h1-4,11-12H,5-8H2/t11-,12?/m0/s1. The zero-order chi connectivity index (χ0) is 10.3. The van der Waals surface area contributed by atoms with Gasteiger partial charge in [-0.1, -0.05) is 28.1 Å². The first-order valence-electron chi connectivity index (χ1n) is 5.41. The summed E-state index contributed by atoms with van der Waals surface area (Å²) in [5.74, 6) is 0. The molecule has 2 nitrogen and oxygen atoms in total. The summed E-state index contributed by atoms with van der Waals surface area (Å²) in [7, 11) is 0. The summed E-state index contributed by atoms with van der Waals surface area (Å²) in [6.45, 7) is 3.10. The van der Waals surface area contributed by atoms with Crippen molar-refractivity contribution < 1.29 is 4.74 Å². The fraction of sp³-hybridized carbons (Fsp3) is 0.500. The highest BCUT2D eigenvalue weighted by molar-refractivity contribution is 9.10. The Bertz CT molecular complexity index is 368. The number of hydrogen-bond donors (Lipinski definition) is 0. The summed E-state index contributed by atoms with van der Waals surface area (Å²) in [6.07, 6.45) is 1.73. The lowest BCUT2D eigenvalue weighted by atomic mass is 10.2. The molecule has 2 atom stereocenters. The van der Waals surface area contributed by atoms with Gasteiger partial charge in [-0.05, 0) is 24.1 Å². The van der Waals surface area contributed by atoms with Crippen LogP contribution in [0.25, 0.3) is 0 Å². The summed E-state index contributed by atoms with van der Waals surface area (Å²) in [4.78, 5) is 2.54. The van der Waals surface area contributed by atoms with Gasteiger partial charge in [0.2, 0.25) is 0 Å². The molecule has 3 heteroatoms. The molecule has 2 fully saturated rings. The molecule has 0 saturated carbocycles. The lowest BCUT2D eigenvalue weighted by molar-refractivity contribution is 0.0273. The van der Waals surface area contributed by atoms with Crippen molar-refractivity contribution in [3.63, 3.8) is 0 Å². The van der Waals surface area contributed by atoms with Crippen molar-refractivity contribution in [2.24, 2.45) is 0 Å². The van der Waals surface area contributed by atoms with E-state index < -0.39 is 0 Å². The number of fused-ring (bicyclic) bond motifs is 2. The van der Waals surface area contributed by atoms with E-state index in [9.17, 15) is 0 Å². The van der Waals surface area contributed by atoms with E-state index in [1.54, 1.807) is 0 Å². The molecule has 0 aliphatic carbocycles. The Morgan fingerprint density at radius 1 is 1.47 bits per heavy atom. The molecule has 2 heterocycles. The zero-order valence-corrected chi connectivity index (χ0v) is 10.1. The van der Waals surface area contributed by atoms with E-state index in [0.717, 1.165) is 19.7 Å². The van der Waals surface area contributed by atoms with E-state index in [1.807, 2.05) is 0 Å². The van der Waals surface area contributed by atoms with Crippen LogP contribution in [0.15, 0.2) is 28.7 Å². The third-order valence-corrected chi connectivity index (χ3v) is 3.78. The predicted octanol–water partition coefficient (Wildman–Crippen LogP) is 2.42. The Morgan fingerprint density at radius 2 is 2.40 bits per heavy atom. The van der Waals surface area contributed by atoms with Gasteiger partial charge in [0.15, 0.2) is 0 Å². The van der Waals surface area contributed by atoms with Gasteiger partial charge in [0.05, 0.1) is 12.7 Å². The lowest BCUT2D eigenvalue weighted by Gasteiger charge is -2.26. The molecule has 0 N–H and O–H groups in total. The van der Waals surface area contributed by atoms with Crippen LogP contribution < -0.4 is 0 Å². The molecule has 0 spiro atoms. The van der Waals surface area contributed by atoms with Crippen LogP contribution in [-0.2, 0) is 11.3 Å². The number of likely N-dealkylation sites (tertiary alicyclic amines) is 1. The molecule has 1 unspecified atom stereocenters. The fourth-order valence-electron chi connectivity index (χ4n) is 2.54. The first-order chi connectivity index (χ1) is 7.31. The van der Waals surface area contributed by atoms with Crippen LogP contribution in [0.2, 0.25) is 0 Å². The van der Waals surface area contributed by atoms with Crippen molar-refractivity contribution in [3.8, 4) is 0 Å². The number of hydrogen-bond acceptors (Lipinski definition) is 2. The van der Waals surface area contributed by atoms with Gasteiger partial charge in [0, 0.05) is 23.6 Å². The quantitative estimate of drug-likeness (QED) is 0.816. The van der Waals surface area contributed by atoms with E-state index in [0.29, 0.717) is 12.1 Å².